The lowest BCUT2D eigenvalue weighted by molar-refractivity contribution is -0.133. The highest BCUT2D eigenvalue weighted by Crippen LogP contribution is 2.21. The van der Waals surface area contributed by atoms with Crippen molar-refractivity contribution in [1.82, 2.24) is 4.90 Å². The third kappa shape index (κ3) is 4.66. The molecule has 1 heterocycles. The van der Waals surface area contributed by atoms with Gasteiger partial charge in [0.1, 0.15) is 11.6 Å². The summed E-state index contributed by atoms with van der Waals surface area (Å²) in [5.74, 6) is -0.212. The first-order valence-corrected chi connectivity index (χ1v) is 7.59. The van der Waals surface area contributed by atoms with Gasteiger partial charge in [0.25, 0.3) is 0 Å². The Balaban J connectivity index is 2.08. The van der Waals surface area contributed by atoms with Crippen LogP contribution in [0.4, 0.5) is 4.39 Å². The summed E-state index contributed by atoms with van der Waals surface area (Å²) in [5.41, 5.74) is 0.686. The quantitative estimate of drug-likeness (QED) is 0.854. The van der Waals surface area contributed by atoms with Crippen LogP contribution in [0.2, 0.25) is 0 Å². The smallest absolute Gasteiger partial charge is 0.227 e. The minimum absolute atomic E-state index is 0.00561. The van der Waals surface area contributed by atoms with E-state index in [1.54, 1.807) is 19.1 Å². The molecule has 1 aliphatic rings. The molecule has 0 aromatic heterocycles. The van der Waals surface area contributed by atoms with Crippen molar-refractivity contribution < 1.29 is 14.0 Å². The molecule has 114 valence electrons. The maximum Gasteiger partial charge on any atom is 0.227 e. The Morgan fingerprint density at radius 1 is 1.29 bits per heavy atom. The topological polar surface area (TPSA) is 37.4 Å². The normalized spacial score (nSPS) is 19.1. The number of carbonyl (C=O) groups is 2. The van der Waals surface area contributed by atoms with Crippen molar-refractivity contribution in [2.24, 2.45) is 0 Å². The summed E-state index contributed by atoms with van der Waals surface area (Å²) in [4.78, 5) is 25.8. The van der Waals surface area contributed by atoms with Crippen molar-refractivity contribution in [1.29, 1.82) is 0 Å². The molecule has 1 fully saturated rings. The van der Waals surface area contributed by atoms with Gasteiger partial charge in [-0.05, 0) is 37.5 Å². The molecule has 0 aliphatic carbocycles. The van der Waals surface area contributed by atoms with Crippen LogP contribution in [-0.4, -0.2) is 29.2 Å². The Labute approximate surface area is 125 Å². The zero-order valence-corrected chi connectivity index (χ0v) is 12.5. The zero-order chi connectivity index (χ0) is 15.2. The summed E-state index contributed by atoms with van der Waals surface area (Å²) in [5, 5.41) is 0. The van der Waals surface area contributed by atoms with Crippen molar-refractivity contribution in [2.75, 3.05) is 6.54 Å². The third-order valence-corrected chi connectivity index (χ3v) is 3.96. The highest BCUT2D eigenvalue weighted by atomic mass is 19.1. The maximum atomic E-state index is 13.2. The standard InChI is InChI=1S/C17H22FNO2/c1-13(20)10-16-8-3-2-4-9-19(16)17(21)12-14-6-5-7-15(18)11-14/h5-7,11,16H,2-4,8-10,12H2,1H3. The number of benzene rings is 1. The van der Waals surface area contributed by atoms with Crippen LogP contribution in [0.25, 0.3) is 0 Å². The van der Waals surface area contributed by atoms with E-state index in [9.17, 15) is 14.0 Å². The highest BCUT2D eigenvalue weighted by molar-refractivity contribution is 5.81. The molecule has 4 heteroatoms. The van der Waals surface area contributed by atoms with Gasteiger partial charge in [-0.3, -0.25) is 9.59 Å². The molecular weight excluding hydrogens is 269 g/mol. The molecule has 1 aromatic carbocycles. The summed E-state index contributed by atoms with van der Waals surface area (Å²) in [6, 6.07) is 6.16. The summed E-state index contributed by atoms with van der Waals surface area (Å²) in [7, 11) is 0. The Hall–Kier alpha value is -1.71. The van der Waals surface area contributed by atoms with Gasteiger partial charge in [-0.2, -0.15) is 0 Å². The van der Waals surface area contributed by atoms with E-state index in [0.29, 0.717) is 18.5 Å². The van der Waals surface area contributed by atoms with Crippen LogP contribution in [0, 0.1) is 5.82 Å². The molecule has 2 rings (SSSR count). The second-order valence-corrected chi connectivity index (χ2v) is 5.80. The van der Waals surface area contributed by atoms with E-state index in [0.717, 1.165) is 25.7 Å². The van der Waals surface area contributed by atoms with Crippen LogP contribution in [0.1, 0.15) is 44.6 Å². The van der Waals surface area contributed by atoms with Gasteiger partial charge in [-0.15, -0.1) is 0 Å². The number of halogens is 1. The number of nitrogens with zero attached hydrogens (tertiary/aromatic N) is 1. The number of hydrogen-bond acceptors (Lipinski definition) is 2. The molecular formula is C17H22FNO2. The molecule has 1 aliphatic heterocycles. The van der Waals surface area contributed by atoms with Crippen molar-refractivity contribution in [2.45, 2.75) is 51.5 Å². The Bertz CT molecular complexity index is 515. The minimum Gasteiger partial charge on any atom is -0.339 e. The molecule has 1 atom stereocenters. The van der Waals surface area contributed by atoms with E-state index in [1.165, 1.54) is 12.1 Å². The summed E-state index contributed by atoms with van der Waals surface area (Å²) in [6.45, 7) is 2.27. The number of carbonyl (C=O) groups excluding carboxylic acids is 2. The number of amides is 1. The number of ketones is 1. The molecule has 0 N–H and O–H groups in total. The maximum absolute atomic E-state index is 13.2. The molecule has 1 aromatic rings. The monoisotopic (exact) mass is 291 g/mol. The number of rotatable bonds is 4. The van der Waals surface area contributed by atoms with Crippen molar-refractivity contribution in [3.05, 3.63) is 35.6 Å². The lowest BCUT2D eigenvalue weighted by atomic mass is 10.0. The van der Waals surface area contributed by atoms with Crippen LogP contribution in [0.5, 0.6) is 0 Å². The first-order chi connectivity index (χ1) is 10.1. The fourth-order valence-electron chi connectivity index (χ4n) is 2.97. The predicted octanol–water partition coefficient (Wildman–Crippen LogP) is 3.12. The lowest BCUT2D eigenvalue weighted by Crippen LogP contribution is -2.41. The minimum atomic E-state index is -0.323. The van der Waals surface area contributed by atoms with E-state index in [1.807, 2.05) is 4.90 Å². The molecule has 21 heavy (non-hydrogen) atoms. The van der Waals surface area contributed by atoms with Crippen LogP contribution in [0.3, 0.4) is 0 Å². The Morgan fingerprint density at radius 3 is 2.81 bits per heavy atom. The SMILES string of the molecule is CC(=O)CC1CCCCCN1C(=O)Cc1cccc(F)c1. The predicted molar refractivity (Wildman–Crippen MR) is 79.4 cm³/mol. The van der Waals surface area contributed by atoms with Crippen LogP contribution in [0.15, 0.2) is 24.3 Å². The second kappa shape index (κ2) is 7.34. The number of hydrogen-bond donors (Lipinski definition) is 0. The molecule has 0 saturated carbocycles. The van der Waals surface area contributed by atoms with Crippen molar-refractivity contribution in [3.63, 3.8) is 0 Å². The molecule has 1 saturated heterocycles. The summed E-state index contributed by atoms with van der Waals surface area (Å²) >= 11 is 0. The highest BCUT2D eigenvalue weighted by Gasteiger charge is 2.26. The van der Waals surface area contributed by atoms with E-state index in [4.69, 9.17) is 0 Å². The Kier molecular flexibility index (Phi) is 5.48. The van der Waals surface area contributed by atoms with Gasteiger partial charge in [0.05, 0.1) is 6.42 Å². The van der Waals surface area contributed by atoms with Gasteiger partial charge in [0.15, 0.2) is 0 Å². The van der Waals surface area contributed by atoms with Gasteiger partial charge in [0.2, 0.25) is 5.91 Å². The van der Waals surface area contributed by atoms with Gasteiger partial charge >= 0.3 is 0 Å². The average molecular weight is 291 g/mol. The number of Topliss-reactive ketones (excluding diaryl/α,β-unsaturated/α-hetero) is 1. The molecule has 1 unspecified atom stereocenters. The van der Waals surface area contributed by atoms with Gasteiger partial charge in [-0.25, -0.2) is 4.39 Å². The molecule has 0 spiro atoms. The zero-order valence-electron chi connectivity index (χ0n) is 12.5. The average Bonchev–Trinajstić information content (AvgIpc) is 2.63. The van der Waals surface area contributed by atoms with Crippen molar-refractivity contribution >= 4 is 11.7 Å². The molecule has 0 bridgehead atoms. The third-order valence-electron chi connectivity index (χ3n) is 3.96. The fourth-order valence-corrected chi connectivity index (χ4v) is 2.97. The van der Waals surface area contributed by atoms with E-state index in [-0.39, 0.29) is 30.0 Å². The largest absolute Gasteiger partial charge is 0.339 e. The van der Waals surface area contributed by atoms with E-state index in [2.05, 4.69) is 0 Å². The first-order valence-electron chi connectivity index (χ1n) is 7.59. The van der Waals surface area contributed by atoms with Crippen LogP contribution >= 0.6 is 0 Å². The molecule has 3 nitrogen and oxygen atoms in total. The summed E-state index contributed by atoms with van der Waals surface area (Å²) < 4.78 is 13.2. The van der Waals surface area contributed by atoms with Gasteiger partial charge < -0.3 is 4.90 Å². The Morgan fingerprint density at radius 2 is 2.10 bits per heavy atom. The van der Waals surface area contributed by atoms with Crippen LogP contribution < -0.4 is 0 Å². The van der Waals surface area contributed by atoms with E-state index >= 15 is 0 Å². The molecule has 0 radical (unpaired) electrons. The lowest BCUT2D eigenvalue weighted by Gasteiger charge is -2.29. The molecule has 1 amide bonds. The van der Waals surface area contributed by atoms with Gasteiger partial charge in [0, 0.05) is 19.0 Å². The van der Waals surface area contributed by atoms with Gasteiger partial charge in [-0.1, -0.05) is 25.0 Å². The summed E-state index contributed by atoms with van der Waals surface area (Å²) in [6.07, 6.45) is 4.64. The van der Waals surface area contributed by atoms with E-state index < -0.39 is 0 Å². The van der Waals surface area contributed by atoms with Crippen molar-refractivity contribution in [3.8, 4) is 0 Å². The number of likely N-dealkylation sites (tertiary alicyclic amines) is 1. The first kappa shape index (κ1) is 15.7. The second-order valence-electron chi connectivity index (χ2n) is 5.80. The fraction of sp³-hybridized carbons (Fsp3) is 0.529. The van der Waals surface area contributed by atoms with Crippen LogP contribution in [-0.2, 0) is 16.0 Å².